The second-order valence-corrected chi connectivity index (χ2v) is 11.1. The Morgan fingerprint density at radius 2 is 1.85 bits per heavy atom. The van der Waals surface area contributed by atoms with Crippen molar-refractivity contribution in [2.75, 3.05) is 51.3 Å². The molecule has 2 aliphatic heterocycles. The highest BCUT2D eigenvalue weighted by atomic mass is 16.5. The number of carbonyl (C=O) groups excluding carboxylic acids is 1. The van der Waals surface area contributed by atoms with Gasteiger partial charge in [0.05, 0.1) is 13.2 Å². The summed E-state index contributed by atoms with van der Waals surface area (Å²) >= 11 is 0. The van der Waals surface area contributed by atoms with E-state index in [2.05, 4.69) is 52.5 Å². The summed E-state index contributed by atoms with van der Waals surface area (Å²) in [6.07, 6.45) is 7.23. The second-order valence-electron chi connectivity index (χ2n) is 11.1. The average molecular weight is 453 g/mol. The lowest BCUT2D eigenvalue weighted by molar-refractivity contribution is -0.0113. The fourth-order valence-electron chi connectivity index (χ4n) is 6.27. The molecule has 6 rings (SSSR count). The van der Waals surface area contributed by atoms with Crippen molar-refractivity contribution in [1.82, 2.24) is 15.1 Å². The Morgan fingerprint density at radius 1 is 1.09 bits per heavy atom. The van der Waals surface area contributed by atoms with Crippen molar-refractivity contribution < 1.29 is 9.53 Å². The van der Waals surface area contributed by atoms with Gasteiger partial charge >= 0.3 is 6.03 Å². The fourth-order valence-corrected chi connectivity index (χ4v) is 6.27. The number of likely N-dealkylation sites (tertiary alicyclic amines) is 1. The summed E-state index contributed by atoms with van der Waals surface area (Å²) in [4.78, 5) is 17.6. The number of amides is 2. The van der Waals surface area contributed by atoms with Crippen molar-refractivity contribution in [3.63, 3.8) is 0 Å². The number of morpholine rings is 1. The Morgan fingerprint density at radius 3 is 2.58 bits per heavy atom. The third kappa shape index (κ3) is 5.28. The van der Waals surface area contributed by atoms with E-state index in [1.165, 1.54) is 18.4 Å². The predicted octanol–water partition coefficient (Wildman–Crippen LogP) is 4.10. The van der Waals surface area contributed by atoms with Crippen molar-refractivity contribution in [3.05, 3.63) is 41.5 Å². The zero-order valence-corrected chi connectivity index (χ0v) is 20.3. The first kappa shape index (κ1) is 22.9. The monoisotopic (exact) mass is 452 g/mol. The van der Waals surface area contributed by atoms with Gasteiger partial charge in [-0.2, -0.15) is 0 Å². The molecule has 0 radical (unpaired) electrons. The molecule has 2 bridgehead atoms. The summed E-state index contributed by atoms with van der Waals surface area (Å²) in [5.74, 6) is 1.69. The number of nitrogens with one attached hydrogen (secondary N) is 2. The van der Waals surface area contributed by atoms with E-state index in [1.54, 1.807) is 5.57 Å². The topological polar surface area (TPSA) is 56.8 Å². The quantitative estimate of drug-likeness (QED) is 0.638. The summed E-state index contributed by atoms with van der Waals surface area (Å²) in [5.41, 5.74) is 4.26. The summed E-state index contributed by atoms with van der Waals surface area (Å²) < 4.78 is 5.43. The third-order valence-electron chi connectivity index (χ3n) is 8.61. The number of rotatable bonds is 6. The number of ether oxygens (including phenoxy) is 1. The molecule has 5 aliphatic rings. The molecule has 2 amide bonds. The van der Waals surface area contributed by atoms with E-state index in [0.29, 0.717) is 5.41 Å². The second kappa shape index (κ2) is 9.77. The molecule has 180 valence electrons. The van der Waals surface area contributed by atoms with Crippen LogP contribution in [0.5, 0.6) is 0 Å². The smallest absolute Gasteiger partial charge is 0.319 e. The summed E-state index contributed by atoms with van der Waals surface area (Å²) in [5, 5.41) is 6.25. The van der Waals surface area contributed by atoms with Crippen LogP contribution in [0, 0.1) is 17.3 Å². The van der Waals surface area contributed by atoms with Crippen LogP contribution < -0.4 is 10.6 Å². The number of benzene rings is 1. The number of allylic oxidation sites excluding steroid dienone is 1. The van der Waals surface area contributed by atoms with Crippen LogP contribution in [0.2, 0.25) is 0 Å². The molecule has 3 aliphatic carbocycles. The first-order valence-corrected chi connectivity index (χ1v) is 12.9. The molecule has 2 saturated heterocycles. The van der Waals surface area contributed by atoms with Gasteiger partial charge in [0.2, 0.25) is 0 Å². The van der Waals surface area contributed by atoms with E-state index in [9.17, 15) is 4.79 Å². The van der Waals surface area contributed by atoms with Crippen LogP contribution in [0.1, 0.15) is 45.1 Å². The molecule has 6 heteroatoms. The first-order valence-electron chi connectivity index (χ1n) is 12.9. The predicted molar refractivity (Wildman–Crippen MR) is 132 cm³/mol. The molecule has 2 atom stereocenters. The summed E-state index contributed by atoms with van der Waals surface area (Å²) in [6.45, 7) is 12.6. The van der Waals surface area contributed by atoms with Gasteiger partial charge in [0.1, 0.15) is 0 Å². The Balaban J connectivity index is 1.05. The zero-order chi connectivity index (χ0) is 22.8. The Bertz CT molecular complexity index is 869. The molecular formula is C27H40N4O2. The summed E-state index contributed by atoms with van der Waals surface area (Å²) in [7, 11) is 0. The third-order valence-corrected chi connectivity index (χ3v) is 8.61. The lowest BCUT2D eigenvalue weighted by atomic mass is 9.49. The van der Waals surface area contributed by atoms with Crippen LogP contribution >= 0.6 is 0 Å². The van der Waals surface area contributed by atoms with E-state index in [0.717, 1.165) is 82.8 Å². The molecule has 2 heterocycles. The van der Waals surface area contributed by atoms with Crippen molar-refractivity contribution in [3.8, 4) is 0 Å². The minimum atomic E-state index is -0.0887. The van der Waals surface area contributed by atoms with Gasteiger partial charge < -0.3 is 15.4 Å². The number of piperidine rings is 1. The van der Waals surface area contributed by atoms with Crippen molar-refractivity contribution in [1.29, 1.82) is 0 Å². The molecule has 3 fully saturated rings. The SMILES string of the molecule is CC1(C)[C@H]2CC=C(CN3CCC(NC(=O)Nc4cccc(CN5CCOCC5)c4)CC3)[C@@H]1C2. The average Bonchev–Trinajstić information content (AvgIpc) is 2.81. The van der Waals surface area contributed by atoms with E-state index < -0.39 is 0 Å². The van der Waals surface area contributed by atoms with E-state index >= 15 is 0 Å². The number of carbonyl (C=O) groups is 1. The minimum absolute atomic E-state index is 0.0887. The highest BCUT2D eigenvalue weighted by molar-refractivity contribution is 5.89. The molecule has 1 aromatic rings. The van der Waals surface area contributed by atoms with Gasteiger partial charge in [-0.15, -0.1) is 0 Å². The maximum absolute atomic E-state index is 12.6. The van der Waals surface area contributed by atoms with Gasteiger partial charge in [0, 0.05) is 51.0 Å². The highest BCUT2D eigenvalue weighted by Crippen LogP contribution is 2.59. The maximum atomic E-state index is 12.6. The lowest BCUT2D eigenvalue weighted by Gasteiger charge is -2.57. The number of anilines is 1. The van der Waals surface area contributed by atoms with Crippen LogP contribution in [0.15, 0.2) is 35.9 Å². The van der Waals surface area contributed by atoms with Gasteiger partial charge in [0.25, 0.3) is 0 Å². The van der Waals surface area contributed by atoms with Crippen LogP contribution in [-0.2, 0) is 11.3 Å². The van der Waals surface area contributed by atoms with Crippen LogP contribution in [0.4, 0.5) is 10.5 Å². The van der Waals surface area contributed by atoms with Crippen molar-refractivity contribution in [2.45, 2.75) is 52.1 Å². The maximum Gasteiger partial charge on any atom is 0.319 e. The van der Waals surface area contributed by atoms with Crippen LogP contribution in [-0.4, -0.2) is 67.8 Å². The zero-order valence-electron chi connectivity index (χ0n) is 20.3. The first-order chi connectivity index (χ1) is 16.0. The molecular weight excluding hydrogens is 412 g/mol. The van der Waals surface area contributed by atoms with E-state index in [1.807, 2.05) is 12.1 Å². The molecule has 33 heavy (non-hydrogen) atoms. The van der Waals surface area contributed by atoms with Gasteiger partial charge in [-0.05, 0) is 60.6 Å². The number of urea groups is 1. The van der Waals surface area contributed by atoms with Crippen molar-refractivity contribution >= 4 is 11.7 Å². The van der Waals surface area contributed by atoms with Gasteiger partial charge in [-0.1, -0.05) is 37.6 Å². The molecule has 0 aromatic heterocycles. The molecule has 6 nitrogen and oxygen atoms in total. The van der Waals surface area contributed by atoms with Gasteiger partial charge in [0.15, 0.2) is 0 Å². The number of nitrogens with zero attached hydrogens (tertiary/aromatic N) is 2. The number of fused-ring (bicyclic) bond motifs is 1. The fraction of sp³-hybridized carbons (Fsp3) is 0.667. The van der Waals surface area contributed by atoms with Gasteiger partial charge in [-0.3, -0.25) is 9.80 Å². The highest BCUT2D eigenvalue weighted by Gasteiger charge is 2.51. The van der Waals surface area contributed by atoms with E-state index in [4.69, 9.17) is 4.74 Å². The summed E-state index contributed by atoms with van der Waals surface area (Å²) in [6, 6.07) is 8.37. The standard InChI is InChI=1S/C27H40N4O2/c1-27(2)22-7-6-21(25(27)17-22)19-30-10-8-23(9-11-30)28-26(32)29-24-5-3-4-20(16-24)18-31-12-14-33-15-13-31/h3-6,16,22-23,25H,7-15,17-19H2,1-2H3,(H2,28,29,32)/t22-,25-/m0/s1. The molecule has 0 spiro atoms. The van der Waals surface area contributed by atoms with Gasteiger partial charge in [-0.25, -0.2) is 4.79 Å². The van der Waals surface area contributed by atoms with E-state index in [-0.39, 0.29) is 12.1 Å². The minimum Gasteiger partial charge on any atom is -0.379 e. The molecule has 2 N–H and O–H groups in total. The van der Waals surface area contributed by atoms with Crippen LogP contribution in [0.25, 0.3) is 0 Å². The Hall–Kier alpha value is -1.89. The molecule has 1 saturated carbocycles. The Labute approximate surface area is 198 Å². The normalized spacial score (nSPS) is 28.0. The van der Waals surface area contributed by atoms with Crippen LogP contribution in [0.3, 0.4) is 0 Å². The number of hydrogen-bond acceptors (Lipinski definition) is 4. The lowest BCUT2D eigenvalue weighted by Crippen LogP contribution is -2.51. The largest absolute Gasteiger partial charge is 0.379 e. The molecule has 1 aromatic carbocycles. The Kier molecular flexibility index (Phi) is 6.77. The van der Waals surface area contributed by atoms with Crippen molar-refractivity contribution in [2.24, 2.45) is 17.3 Å². The number of hydrogen-bond donors (Lipinski definition) is 2. The molecule has 0 unspecified atom stereocenters.